The first-order chi connectivity index (χ1) is 8.97. The number of hydrogen-bond donors (Lipinski definition) is 0. The van der Waals surface area contributed by atoms with E-state index in [1.165, 1.54) is 22.6 Å². The van der Waals surface area contributed by atoms with E-state index in [-0.39, 0.29) is 0 Å². The van der Waals surface area contributed by atoms with Crippen molar-refractivity contribution in [3.63, 3.8) is 0 Å². The summed E-state index contributed by atoms with van der Waals surface area (Å²) in [4.78, 5) is 14.4. The topological polar surface area (TPSA) is 48.4 Å². The van der Waals surface area contributed by atoms with Gasteiger partial charge in [0.05, 0.1) is 12.7 Å². The zero-order valence-electron chi connectivity index (χ0n) is 9.40. The zero-order chi connectivity index (χ0) is 15.7. The Bertz CT molecular complexity index is 528. The molecule has 0 aliphatic rings. The van der Waals surface area contributed by atoms with Crippen LogP contribution in [0.5, 0.6) is 5.88 Å². The van der Waals surface area contributed by atoms with E-state index in [4.69, 9.17) is 0 Å². The molecule has 0 atom stereocenters. The second kappa shape index (κ2) is 5.61. The SMILES string of the molecule is COC(=O)c1c(OC(F)(F)F)ncc(I)c1C(F)(F)F. The monoisotopic (exact) mass is 415 g/mol. The average Bonchev–Trinajstić information content (AvgIpc) is 2.26. The van der Waals surface area contributed by atoms with E-state index in [0.29, 0.717) is 6.20 Å². The van der Waals surface area contributed by atoms with Gasteiger partial charge in [0.1, 0.15) is 5.56 Å². The Morgan fingerprint density at radius 2 is 1.80 bits per heavy atom. The standard InChI is InChI=1S/C9H4F6INO3/c1-19-7(18)4-5(8(10,11)12)3(16)2-17-6(4)20-9(13,14)15/h2H,1H3. The van der Waals surface area contributed by atoms with Gasteiger partial charge in [-0.15, -0.1) is 13.2 Å². The van der Waals surface area contributed by atoms with Gasteiger partial charge in [-0.05, 0) is 22.6 Å². The fourth-order valence-electron chi connectivity index (χ4n) is 1.23. The summed E-state index contributed by atoms with van der Waals surface area (Å²) in [6.45, 7) is 0. The first-order valence-corrected chi connectivity index (χ1v) is 5.65. The third-order valence-electron chi connectivity index (χ3n) is 1.88. The van der Waals surface area contributed by atoms with Crippen molar-refractivity contribution in [2.45, 2.75) is 12.5 Å². The van der Waals surface area contributed by atoms with Gasteiger partial charge in [0.2, 0.25) is 5.88 Å². The maximum absolute atomic E-state index is 12.8. The largest absolute Gasteiger partial charge is 0.574 e. The summed E-state index contributed by atoms with van der Waals surface area (Å²) in [5.74, 6) is -3.15. The predicted octanol–water partition coefficient (Wildman–Crippen LogP) is 3.39. The summed E-state index contributed by atoms with van der Waals surface area (Å²) in [5.41, 5.74) is -3.02. The van der Waals surface area contributed by atoms with E-state index in [2.05, 4.69) is 14.5 Å². The highest BCUT2D eigenvalue weighted by molar-refractivity contribution is 14.1. The number of esters is 1. The molecule has 1 rings (SSSR count). The summed E-state index contributed by atoms with van der Waals surface area (Å²) < 4.78 is 81.7. The molecule has 4 nitrogen and oxygen atoms in total. The Balaban J connectivity index is 3.58. The van der Waals surface area contributed by atoms with Crippen molar-refractivity contribution >= 4 is 28.6 Å². The lowest BCUT2D eigenvalue weighted by Gasteiger charge is -2.17. The first kappa shape index (κ1) is 16.8. The molecule has 0 bridgehead atoms. The number of aromatic nitrogens is 1. The lowest BCUT2D eigenvalue weighted by atomic mass is 10.1. The van der Waals surface area contributed by atoms with E-state index in [1.54, 1.807) is 0 Å². The van der Waals surface area contributed by atoms with Crippen molar-refractivity contribution < 1.29 is 40.6 Å². The molecule has 0 saturated heterocycles. The summed E-state index contributed by atoms with van der Waals surface area (Å²) in [7, 11) is 0.722. The number of methoxy groups -OCH3 is 1. The van der Waals surface area contributed by atoms with Gasteiger partial charge in [0, 0.05) is 9.77 Å². The maximum atomic E-state index is 12.8. The van der Waals surface area contributed by atoms with Crippen LogP contribution in [0, 0.1) is 3.57 Å². The van der Waals surface area contributed by atoms with Crippen LogP contribution >= 0.6 is 22.6 Å². The number of ether oxygens (including phenoxy) is 2. The summed E-state index contributed by atoms with van der Waals surface area (Å²) >= 11 is 1.19. The Labute approximate surface area is 121 Å². The van der Waals surface area contributed by atoms with E-state index in [1.807, 2.05) is 0 Å². The molecule has 0 aliphatic carbocycles. The van der Waals surface area contributed by atoms with Gasteiger partial charge in [-0.1, -0.05) is 0 Å². The number of alkyl halides is 6. The highest BCUT2D eigenvalue weighted by Crippen LogP contribution is 2.39. The van der Waals surface area contributed by atoms with Crippen molar-refractivity contribution in [2.75, 3.05) is 7.11 Å². The van der Waals surface area contributed by atoms with Crippen molar-refractivity contribution in [3.8, 4) is 5.88 Å². The van der Waals surface area contributed by atoms with Crippen molar-refractivity contribution in [1.29, 1.82) is 0 Å². The second-order valence-corrected chi connectivity index (χ2v) is 4.36. The molecule has 1 heterocycles. The Kier molecular flexibility index (Phi) is 4.71. The highest BCUT2D eigenvalue weighted by Gasteiger charge is 2.43. The van der Waals surface area contributed by atoms with E-state index in [0.717, 1.165) is 7.11 Å². The van der Waals surface area contributed by atoms with Gasteiger partial charge >= 0.3 is 18.5 Å². The third kappa shape index (κ3) is 3.86. The molecular weight excluding hydrogens is 411 g/mol. The molecule has 0 aliphatic heterocycles. The quantitative estimate of drug-likeness (QED) is 0.423. The fraction of sp³-hybridized carbons (Fsp3) is 0.333. The van der Waals surface area contributed by atoms with Gasteiger partial charge in [-0.25, -0.2) is 9.78 Å². The Hall–Kier alpha value is -1.27. The number of hydrogen-bond acceptors (Lipinski definition) is 4. The van der Waals surface area contributed by atoms with Gasteiger partial charge in [0.25, 0.3) is 0 Å². The van der Waals surface area contributed by atoms with Crippen LogP contribution < -0.4 is 4.74 Å². The van der Waals surface area contributed by atoms with Gasteiger partial charge in [-0.2, -0.15) is 13.2 Å². The van der Waals surface area contributed by atoms with Crippen LogP contribution in [0.2, 0.25) is 0 Å². The lowest BCUT2D eigenvalue weighted by Crippen LogP contribution is -2.24. The minimum atomic E-state index is -5.30. The van der Waals surface area contributed by atoms with Crippen molar-refractivity contribution in [2.24, 2.45) is 0 Å². The summed E-state index contributed by atoms with van der Waals surface area (Å²) in [6.07, 6.45) is -9.87. The molecule has 112 valence electrons. The van der Waals surface area contributed by atoms with Crippen LogP contribution in [-0.4, -0.2) is 24.4 Å². The fourth-order valence-corrected chi connectivity index (χ4v) is 1.94. The second-order valence-electron chi connectivity index (χ2n) is 3.20. The first-order valence-electron chi connectivity index (χ1n) is 4.57. The van der Waals surface area contributed by atoms with Gasteiger partial charge < -0.3 is 9.47 Å². The van der Waals surface area contributed by atoms with Crippen LogP contribution in [-0.2, 0) is 10.9 Å². The molecule has 0 unspecified atom stereocenters. The molecule has 1 aromatic rings. The number of nitrogens with zero attached hydrogens (tertiary/aromatic N) is 1. The minimum Gasteiger partial charge on any atom is -0.465 e. The molecule has 1 aromatic heterocycles. The molecule has 0 radical (unpaired) electrons. The van der Waals surface area contributed by atoms with Crippen LogP contribution in [0.1, 0.15) is 15.9 Å². The van der Waals surface area contributed by atoms with Crippen LogP contribution in [0.3, 0.4) is 0 Å². The van der Waals surface area contributed by atoms with Crippen molar-refractivity contribution in [3.05, 3.63) is 20.9 Å². The predicted molar refractivity (Wildman–Crippen MR) is 60.0 cm³/mol. The Morgan fingerprint density at radius 3 is 2.20 bits per heavy atom. The summed E-state index contributed by atoms with van der Waals surface area (Å²) in [6, 6.07) is 0. The minimum absolute atomic E-state index is 0.511. The van der Waals surface area contributed by atoms with Crippen LogP contribution in [0.4, 0.5) is 26.3 Å². The van der Waals surface area contributed by atoms with Crippen molar-refractivity contribution in [1.82, 2.24) is 4.98 Å². The van der Waals surface area contributed by atoms with Crippen LogP contribution in [0.25, 0.3) is 0 Å². The lowest BCUT2D eigenvalue weighted by molar-refractivity contribution is -0.276. The van der Waals surface area contributed by atoms with E-state index >= 15 is 0 Å². The molecule has 0 saturated carbocycles. The molecule has 0 amide bonds. The van der Waals surface area contributed by atoms with Gasteiger partial charge in [0.15, 0.2) is 0 Å². The molecular formula is C9H4F6INO3. The van der Waals surface area contributed by atoms with Crippen LogP contribution in [0.15, 0.2) is 6.20 Å². The maximum Gasteiger partial charge on any atom is 0.574 e. The number of halogens is 7. The molecule has 0 N–H and O–H groups in total. The van der Waals surface area contributed by atoms with Gasteiger partial charge in [-0.3, -0.25) is 0 Å². The molecule has 0 aromatic carbocycles. The smallest absolute Gasteiger partial charge is 0.465 e. The number of carbonyl (C=O) groups is 1. The number of pyridine rings is 1. The molecule has 20 heavy (non-hydrogen) atoms. The van der Waals surface area contributed by atoms with E-state index < -0.39 is 39.1 Å². The Morgan fingerprint density at radius 1 is 1.25 bits per heavy atom. The zero-order valence-corrected chi connectivity index (χ0v) is 11.6. The molecule has 0 spiro atoms. The normalized spacial score (nSPS) is 12.2. The highest BCUT2D eigenvalue weighted by atomic mass is 127. The molecule has 11 heteroatoms. The summed E-state index contributed by atoms with van der Waals surface area (Å²) in [5, 5.41) is 0. The van der Waals surface area contributed by atoms with E-state index in [9.17, 15) is 31.1 Å². The average molecular weight is 415 g/mol. The molecule has 0 fully saturated rings. The number of rotatable bonds is 2. The number of carbonyl (C=O) groups excluding carboxylic acids is 1. The third-order valence-corrected chi connectivity index (χ3v) is 2.70.